The Hall–Kier alpha value is -2.36. The lowest BCUT2D eigenvalue weighted by Gasteiger charge is -2.22. The fourth-order valence-electron chi connectivity index (χ4n) is 2.99. The van der Waals surface area contributed by atoms with Gasteiger partial charge in [-0.1, -0.05) is 6.07 Å². The summed E-state index contributed by atoms with van der Waals surface area (Å²) in [5.41, 5.74) is -0.184. The highest BCUT2D eigenvalue weighted by atomic mass is 19.4. The number of alkyl halides is 3. The highest BCUT2D eigenvalue weighted by Gasteiger charge is 2.42. The Morgan fingerprint density at radius 1 is 1.36 bits per heavy atom. The summed E-state index contributed by atoms with van der Waals surface area (Å²) < 4.78 is 41.3. The molecule has 2 aromatic rings. The molecule has 4 nitrogen and oxygen atoms in total. The van der Waals surface area contributed by atoms with Crippen molar-refractivity contribution in [2.75, 3.05) is 0 Å². The van der Waals surface area contributed by atoms with E-state index in [1.165, 1.54) is 10.9 Å². The van der Waals surface area contributed by atoms with Gasteiger partial charge in [-0.25, -0.2) is 9.67 Å². The second kappa shape index (κ2) is 5.44. The Morgan fingerprint density at radius 2 is 2.18 bits per heavy atom. The van der Waals surface area contributed by atoms with Crippen molar-refractivity contribution in [1.82, 2.24) is 14.8 Å². The lowest BCUT2D eigenvalue weighted by atomic mass is 9.83. The van der Waals surface area contributed by atoms with E-state index in [0.717, 1.165) is 6.42 Å². The number of nitriles is 1. The van der Waals surface area contributed by atoms with Crippen molar-refractivity contribution in [1.29, 1.82) is 5.26 Å². The predicted octanol–water partition coefficient (Wildman–Crippen LogP) is 3.62. The van der Waals surface area contributed by atoms with Gasteiger partial charge in [0.25, 0.3) is 0 Å². The first-order valence-electron chi connectivity index (χ1n) is 6.99. The largest absolute Gasteiger partial charge is 0.435 e. The van der Waals surface area contributed by atoms with Crippen LogP contribution in [-0.4, -0.2) is 14.8 Å². The van der Waals surface area contributed by atoms with Gasteiger partial charge < -0.3 is 0 Å². The number of hydrogen-bond donors (Lipinski definition) is 0. The van der Waals surface area contributed by atoms with Crippen molar-refractivity contribution in [3.63, 3.8) is 0 Å². The molecule has 0 fully saturated rings. The van der Waals surface area contributed by atoms with E-state index >= 15 is 0 Å². The summed E-state index contributed by atoms with van der Waals surface area (Å²) in [4.78, 5) is 4.09. The van der Waals surface area contributed by atoms with E-state index in [2.05, 4.69) is 10.1 Å². The van der Waals surface area contributed by atoms with Crippen molar-refractivity contribution in [3.05, 3.63) is 41.3 Å². The zero-order valence-corrected chi connectivity index (χ0v) is 11.6. The van der Waals surface area contributed by atoms with Gasteiger partial charge in [-0.05, 0) is 31.4 Å². The molecule has 22 heavy (non-hydrogen) atoms. The number of halogens is 3. The molecule has 0 saturated carbocycles. The molecule has 0 bridgehead atoms. The van der Waals surface area contributed by atoms with Crippen LogP contribution in [-0.2, 0) is 12.6 Å². The van der Waals surface area contributed by atoms with Gasteiger partial charge >= 0.3 is 6.18 Å². The van der Waals surface area contributed by atoms with Crippen LogP contribution < -0.4 is 0 Å². The highest BCUT2D eigenvalue weighted by molar-refractivity contribution is 5.39. The van der Waals surface area contributed by atoms with Gasteiger partial charge in [-0.2, -0.15) is 23.5 Å². The minimum atomic E-state index is -4.53. The van der Waals surface area contributed by atoms with E-state index in [9.17, 15) is 13.2 Å². The van der Waals surface area contributed by atoms with Crippen LogP contribution in [0.2, 0.25) is 0 Å². The van der Waals surface area contributed by atoms with Gasteiger partial charge in [0.15, 0.2) is 11.5 Å². The van der Waals surface area contributed by atoms with Crippen molar-refractivity contribution in [2.45, 2.75) is 37.8 Å². The Balaban J connectivity index is 2.21. The van der Waals surface area contributed by atoms with E-state index in [0.29, 0.717) is 24.4 Å². The average Bonchev–Trinajstić information content (AvgIpc) is 2.89. The molecule has 1 aliphatic rings. The molecule has 1 unspecified atom stereocenters. The van der Waals surface area contributed by atoms with Crippen LogP contribution in [0.5, 0.6) is 0 Å². The van der Waals surface area contributed by atoms with Crippen LogP contribution in [0, 0.1) is 11.3 Å². The molecule has 0 aliphatic heterocycles. The molecule has 1 aliphatic carbocycles. The molecule has 3 rings (SSSR count). The topological polar surface area (TPSA) is 54.5 Å². The molecule has 0 N–H and O–H groups in total. The first-order chi connectivity index (χ1) is 10.5. The number of pyridine rings is 1. The SMILES string of the molecule is N#CCC1CCCc2c1c(C(F)(F)F)nn2-c1ccccn1. The lowest BCUT2D eigenvalue weighted by molar-refractivity contribution is -0.142. The van der Waals surface area contributed by atoms with Crippen LogP contribution >= 0.6 is 0 Å². The number of fused-ring (bicyclic) bond motifs is 1. The summed E-state index contributed by atoms with van der Waals surface area (Å²) in [5.74, 6) is -0.0466. The molecule has 0 radical (unpaired) electrons. The predicted molar refractivity (Wildman–Crippen MR) is 72.3 cm³/mol. The molecule has 0 amide bonds. The zero-order chi connectivity index (χ0) is 15.7. The molecule has 0 aromatic carbocycles. The van der Waals surface area contributed by atoms with Crippen molar-refractivity contribution >= 4 is 0 Å². The number of rotatable bonds is 2. The summed E-state index contributed by atoms with van der Waals surface area (Å²) in [7, 11) is 0. The summed E-state index contributed by atoms with van der Waals surface area (Å²) >= 11 is 0. The van der Waals surface area contributed by atoms with Crippen LogP contribution in [0.15, 0.2) is 24.4 Å². The summed E-state index contributed by atoms with van der Waals surface area (Å²) in [5, 5.41) is 12.7. The second-order valence-corrected chi connectivity index (χ2v) is 5.26. The smallest absolute Gasteiger partial charge is 0.237 e. The number of hydrogen-bond acceptors (Lipinski definition) is 3. The molecule has 0 saturated heterocycles. The van der Waals surface area contributed by atoms with Crippen LogP contribution in [0.1, 0.15) is 42.1 Å². The van der Waals surface area contributed by atoms with E-state index in [4.69, 9.17) is 5.26 Å². The Morgan fingerprint density at radius 3 is 2.82 bits per heavy atom. The Kier molecular flexibility index (Phi) is 3.61. The monoisotopic (exact) mass is 306 g/mol. The van der Waals surface area contributed by atoms with Crippen molar-refractivity contribution in [2.24, 2.45) is 0 Å². The molecule has 0 spiro atoms. The minimum absolute atomic E-state index is 0.0734. The maximum atomic E-state index is 13.3. The van der Waals surface area contributed by atoms with Crippen molar-refractivity contribution in [3.8, 4) is 11.9 Å². The van der Waals surface area contributed by atoms with Gasteiger partial charge in [0.1, 0.15) is 0 Å². The molecule has 7 heteroatoms. The zero-order valence-electron chi connectivity index (χ0n) is 11.6. The Labute approximate surface area is 125 Å². The maximum absolute atomic E-state index is 13.3. The maximum Gasteiger partial charge on any atom is 0.435 e. The quantitative estimate of drug-likeness (QED) is 0.851. The van der Waals surface area contributed by atoms with E-state index in [1.54, 1.807) is 18.2 Å². The first-order valence-corrected chi connectivity index (χ1v) is 6.99. The lowest BCUT2D eigenvalue weighted by Crippen LogP contribution is -2.15. The van der Waals surface area contributed by atoms with Gasteiger partial charge in [0.05, 0.1) is 11.8 Å². The van der Waals surface area contributed by atoms with Crippen LogP contribution in [0.25, 0.3) is 5.82 Å². The average molecular weight is 306 g/mol. The van der Waals surface area contributed by atoms with E-state index in [-0.39, 0.29) is 12.0 Å². The van der Waals surface area contributed by atoms with E-state index in [1.807, 2.05) is 6.07 Å². The fraction of sp³-hybridized carbons (Fsp3) is 0.400. The normalized spacial score (nSPS) is 17.8. The first kappa shape index (κ1) is 14.6. The fourth-order valence-corrected chi connectivity index (χ4v) is 2.99. The molecule has 1 atom stereocenters. The standard InChI is InChI=1S/C15H13F3N4/c16-15(17,18)14-13-10(7-8-19)4-3-5-11(13)22(21-14)12-6-1-2-9-20-12/h1-2,6,9-10H,3-5,7H2. The molecular formula is C15H13F3N4. The molecule has 2 heterocycles. The van der Waals surface area contributed by atoms with Gasteiger partial charge in [-0.3, -0.25) is 0 Å². The second-order valence-electron chi connectivity index (χ2n) is 5.26. The van der Waals surface area contributed by atoms with E-state index < -0.39 is 17.8 Å². The number of aromatic nitrogens is 3. The molecule has 2 aromatic heterocycles. The van der Waals surface area contributed by atoms with Gasteiger partial charge in [0.2, 0.25) is 0 Å². The van der Waals surface area contributed by atoms with Crippen molar-refractivity contribution < 1.29 is 13.2 Å². The Bertz CT molecular complexity index is 713. The molecular weight excluding hydrogens is 293 g/mol. The molecule has 114 valence electrons. The summed E-state index contributed by atoms with van der Waals surface area (Å²) in [6.07, 6.45) is -1.10. The summed E-state index contributed by atoms with van der Waals surface area (Å²) in [6.45, 7) is 0. The number of nitrogens with zero attached hydrogens (tertiary/aromatic N) is 4. The third-order valence-electron chi connectivity index (χ3n) is 3.87. The van der Waals surface area contributed by atoms with Crippen LogP contribution in [0.3, 0.4) is 0 Å². The van der Waals surface area contributed by atoms with Gasteiger partial charge in [0, 0.05) is 24.1 Å². The minimum Gasteiger partial charge on any atom is -0.237 e. The van der Waals surface area contributed by atoms with Crippen LogP contribution in [0.4, 0.5) is 13.2 Å². The summed E-state index contributed by atoms with van der Waals surface area (Å²) in [6, 6.07) is 7.02. The third-order valence-corrected chi connectivity index (χ3v) is 3.87. The highest BCUT2D eigenvalue weighted by Crippen LogP contribution is 2.42. The van der Waals surface area contributed by atoms with Gasteiger partial charge in [-0.15, -0.1) is 0 Å². The third kappa shape index (κ3) is 2.45.